The summed E-state index contributed by atoms with van der Waals surface area (Å²) in [6.07, 6.45) is 2.89. The lowest BCUT2D eigenvalue weighted by atomic mass is 10.3. The van der Waals surface area contributed by atoms with Crippen LogP contribution in [0.15, 0.2) is 92.4 Å². The summed E-state index contributed by atoms with van der Waals surface area (Å²) in [4.78, 5) is 26.9. The second-order valence-corrected chi connectivity index (χ2v) is 10.5. The normalized spacial score (nSPS) is 14.4. The lowest BCUT2D eigenvalue weighted by Crippen LogP contribution is -2.31. The number of hydrogen-bond donors (Lipinski definition) is 1. The third-order valence-electron chi connectivity index (χ3n) is 5.11. The van der Waals surface area contributed by atoms with Gasteiger partial charge in [0, 0.05) is 35.1 Å². The van der Waals surface area contributed by atoms with Crippen molar-refractivity contribution in [2.24, 2.45) is 0 Å². The zero-order valence-electron chi connectivity index (χ0n) is 17.3. The Bertz CT molecular complexity index is 1270. The van der Waals surface area contributed by atoms with Crippen molar-refractivity contribution in [2.45, 2.75) is 34.1 Å². The van der Waals surface area contributed by atoms with E-state index in [-0.39, 0.29) is 11.4 Å². The fourth-order valence-electron chi connectivity index (χ4n) is 3.48. The number of aromatic nitrogens is 1. The van der Waals surface area contributed by atoms with Gasteiger partial charge in [0.05, 0.1) is 10.6 Å². The molecule has 0 radical (unpaired) electrons. The largest absolute Gasteiger partial charge is 0.324 e. The molecular formula is C23H23N3O4S2. The highest BCUT2D eigenvalue weighted by atomic mass is 32.2. The number of amides is 1. The van der Waals surface area contributed by atoms with Crippen molar-refractivity contribution >= 4 is 33.4 Å². The van der Waals surface area contributed by atoms with Crippen LogP contribution in [0, 0.1) is 0 Å². The van der Waals surface area contributed by atoms with E-state index in [4.69, 9.17) is 0 Å². The van der Waals surface area contributed by atoms with Gasteiger partial charge in [-0.25, -0.2) is 8.42 Å². The summed E-state index contributed by atoms with van der Waals surface area (Å²) < 4.78 is 28.1. The highest BCUT2D eigenvalue weighted by Crippen LogP contribution is 2.33. The molecule has 1 aliphatic heterocycles. The van der Waals surface area contributed by atoms with Crippen LogP contribution in [0.2, 0.25) is 0 Å². The van der Waals surface area contributed by atoms with E-state index in [0.29, 0.717) is 18.8 Å². The van der Waals surface area contributed by atoms with Crippen molar-refractivity contribution in [1.29, 1.82) is 0 Å². The first-order chi connectivity index (χ1) is 15.4. The summed E-state index contributed by atoms with van der Waals surface area (Å²) >= 11 is 1.52. The van der Waals surface area contributed by atoms with Gasteiger partial charge in [-0.1, -0.05) is 42.1 Å². The molecule has 1 saturated heterocycles. The Morgan fingerprint density at radius 3 is 2.38 bits per heavy atom. The molecule has 3 aromatic rings. The summed E-state index contributed by atoms with van der Waals surface area (Å²) in [6, 6.07) is 19.7. The third kappa shape index (κ3) is 5.12. The molecule has 2 heterocycles. The Kier molecular flexibility index (Phi) is 6.78. The molecule has 166 valence electrons. The fourth-order valence-corrected chi connectivity index (χ4v) is 5.94. The molecule has 1 aromatic heterocycles. The molecule has 1 amide bonds. The SMILES string of the molecule is O=C(Cn1cc(S(=O)(=O)N2CCCC2)ccc1=O)Nc1ccccc1Sc1ccccc1. The maximum Gasteiger partial charge on any atom is 0.251 e. The van der Waals surface area contributed by atoms with E-state index in [0.717, 1.165) is 27.2 Å². The van der Waals surface area contributed by atoms with E-state index in [9.17, 15) is 18.0 Å². The Morgan fingerprint density at radius 1 is 0.938 bits per heavy atom. The van der Waals surface area contributed by atoms with E-state index in [1.54, 1.807) is 6.07 Å². The molecule has 9 heteroatoms. The van der Waals surface area contributed by atoms with Gasteiger partial charge in [-0.15, -0.1) is 0 Å². The molecule has 0 aliphatic carbocycles. The summed E-state index contributed by atoms with van der Waals surface area (Å²) in [5.74, 6) is -0.413. The molecule has 0 spiro atoms. The van der Waals surface area contributed by atoms with Crippen molar-refractivity contribution < 1.29 is 13.2 Å². The molecule has 1 fully saturated rings. The Morgan fingerprint density at radius 2 is 1.62 bits per heavy atom. The fraction of sp³-hybridized carbons (Fsp3) is 0.217. The standard InChI is InChI=1S/C23H23N3O4S2/c27-22(24-20-10-4-5-11-21(20)31-18-8-2-1-3-9-18)17-25-16-19(12-13-23(25)28)32(29,30)26-14-6-7-15-26/h1-5,8-13,16H,6-7,14-15,17H2,(H,24,27). The summed E-state index contributed by atoms with van der Waals surface area (Å²) in [5.41, 5.74) is 0.188. The van der Waals surface area contributed by atoms with Crippen LogP contribution < -0.4 is 10.9 Å². The number of carbonyl (C=O) groups is 1. The van der Waals surface area contributed by atoms with Crippen LogP contribution in [0.4, 0.5) is 5.69 Å². The van der Waals surface area contributed by atoms with Gasteiger partial charge >= 0.3 is 0 Å². The highest BCUT2D eigenvalue weighted by Gasteiger charge is 2.27. The summed E-state index contributed by atoms with van der Waals surface area (Å²) in [7, 11) is -3.68. The Hall–Kier alpha value is -2.88. The lowest BCUT2D eigenvalue weighted by Gasteiger charge is -2.16. The second kappa shape index (κ2) is 9.72. The van der Waals surface area contributed by atoms with Crippen molar-refractivity contribution in [3.8, 4) is 0 Å². The molecular weight excluding hydrogens is 446 g/mol. The van der Waals surface area contributed by atoms with Crippen LogP contribution in [0.3, 0.4) is 0 Å². The second-order valence-electron chi connectivity index (χ2n) is 7.40. The smallest absolute Gasteiger partial charge is 0.251 e. The first-order valence-corrected chi connectivity index (χ1v) is 12.5. The van der Waals surface area contributed by atoms with Gasteiger partial charge in [0.25, 0.3) is 5.56 Å². The maximum absolute atomic E-state index is 12.8. The van der Waals surface area contributed by atoms with E-state index in [1.165, 1.54) is 34.4 Å². The number of pyridine rings is 1. The van der Waals surface area contributed by atoms with Crippen molar-refractivity contribution in [3.63, 3.8) is 0 Å². The number of nitrogens with zero attached hydrogens (tertiary/aromatic N) is 2. The van der Waals surface area contributed by atoms with Gasteiger partial charge in [-0.2, -0.15) is 4.31 Å². The number of para-hydroxylation sites is 1. The van der Waals surface area contributed by atoms with E-state index >= 15 is 0 Å². The molecule has 0 unspecified atom stereocenters. The van der Waals surface area contributed by atoms with E-state index in [1.807, 2.05) is 48.5 Å². The summed E-state index contributed by atoms with van der Waals surface area (Å²) in [6.45, 7) is 0.655. The quantitative estimate of drug-likeness (QED) is 0.573. The number of nitrogens with one attached hydrogen (secondary N) is 1. The minimum absolute atomic E-state index is 0.0202. The minimum Gasteiger partial charge on any atom is -0.324 e. The van der Waals surface area contributed by atoms with Crippen LogP contribution in [0.1, 0.15) is 12.8 Å². The van der Waals surface area contributed by atoms with E-state index < -0.39 is 21.5 Å². The number of anilines is 1. The molecule has 2 aromatic carbocycles. The first-order valence-electron chi connectivity index (χ1n) is 10.3. The van der Waals surface area contributed by atoms with Crippen LogP contribution in [0.25, 0.3) is 0 Å². The molecule has 0 saturated carbocycles. The van der Waals surface area contributed by atoms with Crippen molar-refractivity contribution in [3.05, 3.63) is 83.3 Å². The monoisotopic (exact) mass is 469 g/mol. The third-order valence-corrected chi connectivity index (χ3v) is 8.07. The molecule has 4 rings (SSSR count). The van der Waals surface area contributed by atoms with E-state index in [2.05, 4.69) is 5.32 Å². The predicted octanol–water partition coefficient (Wildman–Crippen LogP) is 3.42. The zero-order valence-corrected chi connectivity index (χ0v) is 18.9. The topological polar surface area (TPSA) is 88.5 Å². The number of rotatable bonds is 7. The molecule has 0 atom stereocenters. The zero-order chi connectivity index (χ0) is 22.6. The summed E-state index contributed by atoms with van der Waals surface area (Å²) in [5, 5.41) is 2.84. The lowest BCUT2D eigenvalue weighted by molar-refractivity contribution is -0.116. The average Bonchev–Trinajstić information content (AvgIpc) is 3.33. The highest BCUT2D eigenvalue weighted by molar-refractivity contribution is 7.99. The molecule has 32 heavy (non-hydrogen) atoms. The van der Waals surface area contributed by atoms with Gasteiger partial charge in [0.15, 0.2) is 0 Å². The van der Waals surface area contributed by atoms with Crippen LogP contribution in [0.5, 0.6) is 0 Å². The number of hydrogen-bond acceptors (Lipinski definition) is 5. The molecule has 7 nitrogen and oxygen atoms in total. The maximum atomic E-state index is 12.8. The predicted molar refractivity (Wildman–Crippen MR) is 124 cm³/mol. The number of carbonyl (C=O) groups excluding carboxylic acids is 1. The van der Waals surface area contributed by atoms with Gasteiger partial charge in [0.2, 0.25) is 15.9 Å². The molecule has 1 N–H and O–H groups in total. The average molecular weight is 470 g/mol. The van der Waals surface area contributed by atoms with Gasteiger partial charge in [-0.3, -0.25) is 9.59 Å². The number of benzene rings is 2. The van der Waals surface area contributed by atoms with Gasteiger partial charge in [-0.05, 0) is 43.2 Å². The van der Waals surface area contributed by atoms with Gasteiger partial charge in [0.1, 0.15) is 6.54 Å². The van der Waals surface area contributed by atoms with Crippen LogP contribution in [-0.2, 0) is 21.4 Å². The Balaban J connectivity index is 1.51. The van der Waals surface area contributed by atoms with Crippen LogP contribution >= 0.6 is 11.8 Å². The molecule has 1 aliphatic rings. The van der Waals surface area contributed by atoms with Crippen LogP contribution in [-0.4, -0.2) is 36.3 Å². The van der Waals surface area contributed by atoms with Crippen molar-refractivity contribution in [1.82, 2.24) is 8.87 Å². The van der Waals surface area contributed by atoms with Crippen molar-refractivity contribution in [2.75, 3.05) is 18.4 Å². The molecule has 0 bridgehead atoms. The minimum atomic E-state index is -3.68. The van der Waals surface area contributed by atoms with Gasteiger partial charge < -0.3 is 9.88 Å². The number of sulfonamides is 1. The first kappa shape index (κ1) is 22.3. The Labute approximate surface area is 191 Å².